The molecule has 0 amide bonds. The molecule has 1 N–H and O–H groups in total. The summed E-state index contributed by atoms with van der Waals surface area (Å²) in [6, 6.07) is 3.41. The van der Waals surface area contributed by atoms with Crippen LogP contribution in [-0.2, 0) is 4.74 Å². The van der Waals surface area contributed by atoms with E-state index in [1.807, 2.05) is 11.3 Å². The van der Waals surface area contributed by atoms with Crippen LogP contribution in [0.1, 0.15) is 54.0 Å². The maximum Gasteiger partial charge on any atom is 0.0713 e. The van der Waals surface area contributed by atoms with Gasteiger partial charge in [0.1, 0.15) is 0 Å². The summed E-state index contributed by atoms with van der Waals surface area (Å²) in [6.45, 7) is 7.69. The second-order valence-electron chi connectivity index (χ2n) is 6.59. The first kappa shape index (κ1) is 15.9. The smallest absolute Gasteiger partial charge is 0.0713 e. The fraction of sp³-hybridized carbons (Fsp3) is 0.765. The van der Waals surface area contributed by atoms with E-state index in [4.69, 9.17) is 4.74 Å². The zero-order chi connectivity index (χ0) is 14.9. The second-order valence-corrected chi connectivity index (χ2v) is 9.28. The lowest BCUT2D eigenvalue weighted by Gasteiger charge is -2.44. The van der Waals surface area contributed by atoms with Gasteiger partial charge in [0.05, 0.1) is 5.60 Å². The van der Waals surface area contributed by atoms with Crippen LogP contribution >= 0.6 is 23.1 Å². The monoisotopic (exact) mass is 325 g/mol. The van der Waals surface area contributed by atoms with E-state index >= 15 is 0 Å². The minimum Gasteiger partial charge on any atom is -0.375 e. The topological polar surface area (TPSA) is 21.3 Å². The van der Waals surface area contributed by atoms with Gasteiger partial charge >= 0.3 is 0 Å². The van der Waals surface area contributed by atoms with E-state index in [1.165, 1.54) is 46.1 Å². The summed E-state index contributed by atoms with van der Waals surface area (Å²) in [6.07, 6.45) is 4.82. The molecule has 0 aromatic carbocycles. The van der Waals surface area contributed by atoms with Crippen LogP contribution in [0.4, 0.5) is 0 Å². The van der Waals surface area contributed by atoms with Crippen LogP contribution in [0.15, 0.2) is 6.07 Å². The molecule has 1 aromatic rings. The van der Waals surface area contributed by atoms with Gasteiger partial charge in [0.2, 0.25) is 0 Å². The van der Waals surface area contributed by atoms with Crippen molar-refractivity contribution in [2.45, 2.75) is 64.1 Å². The molecule has 3 heterocycles. The average Bonchev–Trinajstić information content (AvgIpc) is 2.79. The summed E-state index contributed by atoms with van der Waals surface area (Å²) in [7, 11) is 0. The summed E-state index contributed by atoms with van der Waals surface area (Å²) < 4.78 is 6.20. The van der Waals surface area contributed by atoms with Gasteiger partial charge in [-0.2, -0.15) is 11.8 Å². The Balaban J connectivity index is 1.63. The highest BCUT2D eigenvalue weighted by Gasteiger charge is 2.39. The standard InChI is InChI=1S/C17H27NOS2/c1-12-10-16(14(3)21-12)13(2)18-15-4-7-19-17(11-15)5-8-20-9-6-17/h10,13,15,18H,4-9,11H2,1-3H3. The Morgan fingerprint density at radius 1 is 1.33 bits per heavy atom. The van der Waals surface area contributed by atoms with E-state index in [2.05, 4.69) is 43.9 Å². The number of thioether (sulfide) groups is 1. The van der Waals surface area contributed by atoms with Crippen LogP contribution in [0.25, 0.3) is 0 Å². The number of nitrogens with one attached hydrogen (secondary N) is 1. The Kier molecular flexibility index (Phi) is 4.99. The molecular formula is C17H27NOS2. The molecule has 0 saturated carbocycles. The molecule has 0 bridgehead atoms. The molecule has 2 atom stereocenters. The highest BCUT2D eigenvalue weighted by Crippen LogP contribution is 2.38. The van der Waals surface area contributed by atoms with Crippen LogP contribution < -0.4 is 5.32 Å². The van der Waals surface area contributed by atoms with Gasteiger partial charge in [0.15, 0.2) is 0 Å². The summed E-state index contributed by atoms with van der Waals surface area (Å²) in [5.74, 6) is 2.54. The third kappa shape index (κ3) is 3.66. The van der Waals surface area contributed by atoms with Gasteiger partial charge in [-0.15, -0.1) is 11.3 Å². The van der Waals surface area contributed by atoms with Gasteiger partial charge in [-0.05, 0) is 69.6 Å². The van der Waals surface area contributed by atoms with Crippen molar-refractivity contribution in [2.75, 3.05) is 18.1 Å². The Bertz CT molecular complexity index is 474. The van der Waals surface area contributed by atoms with Crippen molar-refractivity contribution in [3.63, 3.8) is 0 Å². The zero-order valence-corrected chi connectivity index (χ0v) is 15.0. The van der Waals surface area contributed by atoms with E-state index in [0.29, 0.717) is 12.1 Å². The number of aryl methyl sites for hydroxylation is 2. The summed E-state index contributed by atoms with van der Waals surface area (Å²) in [5, 5.41) is 3.88. The van der Waals surface area contributed by atoms with E-state index in [0.717, 1.165) is 13.0 Å². The Morgan fingerprint density at radius 2 is 2.10 bits per heavy atom. The first-order valence-corrected chi connectivity index (χ1v) is 10.1. The number of ether oxygens (including phenoxy) is 1. The molecule has 0 aliphatic carbocycles. The van der Waals surface area contributed by atoms with Crippen LogP contribution in [0, 0.1) is 13.8 Å². The third-order valence-corrected chi connectivity index (χ3v) is 6.90. The first-order valence-electron chi connectivity index (χ1n) is 8.13. The second kappa shape index (κ2) is 6.61. The summed E-state index contributed by atoms with van der Waals surface area (Å²) >= 11 is 3.99. The van der Waals surface area contributed by atoms with Crippen molar-refractivity contribution in [1.29, 1.82) is 0 Å². The predicted molar refractivity (Wildman–Crippen MR) is 93.6 cm³/mol. The maximum atomic E-state index is 6.20. The van der Waals surface area contributed by atoms with E-state index in [1.54, 1.807) is 0 Å². The van der Waals surface area contributed by atoms with Crippen molar-refractivity contribution >= 4 is 23.1 Å². The van der Waals surface area contributed by atoms with Gasteiger partial charge in [-0.25, -0.2) is 0 Å². The molecule has 2 aliphatic heterocycles. The molecule has 2 aliphatic rings. The van der Waals surface area contributed by atoms with Crippen molar-refractivity contribution in [2.24, 2.45) is 0 Å². The van der Waals surface area contributed by atoms with E-state index in [-0.39, 0.29) is 5.60 Å². The molecular weight excluding hydrogens is 298 g/mol. The lowest BCUT2D eigenvalue weighted by molar-refractivity contribution is -0.0940. The van der Waals surface area contributed by atoms with Crippen LogP contribution in [0.3, 0.4) is 0 Å². The molecule has 3 rings (SSSR count). The van der Waals surface area contributed by atoms with Crippen LogP contribution in [-0.4, -0.2) is 29.8 Å². The van der Waals surface area contributed by atoms with Gasteiger partial charge in [-0.3, -0.25) is 0 Å². The minimum absolute atomic E-state index is 0.181. The Labute approximate surface area is 137 Å². The van der Waals surface area contributed by atoms with Crippen LogP contribution in [0.5, 0.6) is 0 Å². The SMILES string of the molecule is Cc1cc(C(C)NC2CCOC3(CCSCC3)C2)c(C)s1. The van der Waals surface area contributed by atoms with Crippen molar-refractivity contribution < 1.29 is 4.74 Å². The Hall–Kier alpha value is -0.0300. The van der Waals surface area contributed by atoms with Crippen LogP contribution in [0.2, 0.25) is 0 Å². The Morgan fingerprint density at radius 3 is 2.76 bits per heavy atom. The van der Waals surface area contributed by atoms with Gasteiger partial charge in [0, 0.05) is 28.4 Å². The minimum atomic E-state index is 0.181. The molecule has 2 unspecified atom stereocenters. The van der Waals surface area contributed by atoms with Crippen molar-refractivity contribution in [3.05, 3.63) is 21.4 Å². The third-order valence-electron chi connectivity index (χ3n) is 4.93. The first-order chi connectivity index (χ1) is 10.1. The predicted octanol–water partition coefficient (Wildman–Crippen LogP) is 4.46. The van der Waals surface area contributed by atoms with Gasteiger partial charge in [-0.1, -0.05) is 0 Å². The lowest BCUT2D eigenvalue weighted by atomic mass is 9.85. The number of rotatable bonds is 3. The highest BCUT2D eigenvalue weighted by molar-refractivity contribution is 7.99. The summed E-state index contributed by atoms with van der Waals surface area (Å²) in [5.41, 5.74) is 1.66. The quantitative estimate of drug-likeness (QED) is 0.886. The van der Waals surface area contributed by atoms with Gasteiger partial charge in [0.25, 0.3) is 0 Å². The van der Waals surface area contributed by atoms with E-state index < -0.39 is 0 Å². The fourth-order valence-corrected chi connectivity index (χ4v) is 6.04. The largest absolute Gasteiger partial charge is 0.375 e. The van der Waals surface area contributed by atoms with E-state index in [9.17, 15) is 0 Å². The summed E-state index contributed by atoms with van der Waals surface area (Å²) in [4.78, 5) is 2.88. The molecule has 2 nitrogen and oxygen atoms in total. The van der Waals surface area contributed by atoms with Gasteiger partial charge < -0.3 is 10.1 Å². The molecule has 2 saturated heterocycles. The molecule has 4 heteroatoms. The molecule has 0 radical (unpaired) electrons. The maximum absolute atomic E-state index is 6.20. The highest BCUT2D eigenvalue weighted by atomic mass is 32.2. The molecule has 2 fully saturated rings. The molecule has 118 valence electrons. The number of hydrogen-bond acceptors (Lipinski definition) is 4. The zero-order valence-electron chi connectivity index (χ0n) is 13.4. The fourth-order valence-electron chi connectivity index (χ4n) is 3.79. The number of hydrogen-bond donors (Lipinski definition) is 1. The van der Waals surface area contributed by atoms with Crippen molar-refractivity contribution in [1.82, 2.24) is 5.32 Å². The molecule has 1 spiro atoms. The average molecular weight is 326 g/mol. The molecule has 1 aromatic heterocycles. The number of thiophene rings is 1. The lowest BCUT2D eigenvalue weighted by Crippen LogP contribution is -2.49. The van der Waals surface area contributed by atoms with Crippen molar-refractivity contribution in [3.8, 4) is 0 Å². The molecule has 21 heavy (non-hydrogen) atoms. The normalized spacial score (nSPS) is 26.9.